The Bertz CT molecular complexity index is 666. The first kappa shape index (κ1) is 14.1. The van der Waals surface area contributed by atoms with Crippen molar-refractivity contribution in [3.8, 4) is 11.6 Å². The molecule has 6 nitrogen and oxygen atoms in total. The van der Waals surface area contributed by atoms with E-state index in [1.807, 2.05) is 6.92 Å². The quantitative estimate of drug-likeness (QED) is 0.490. The fraction of sp³-hybridized carbons (Fsp3) is 0.167. The highest BCUT2D eigenvalue weighted by Gasteiger charge is 2.15. The Hall–Kier alpha value is -2.28. The molecule has 0 aliphatic rings. The van der Waals surface area contributed by atoms with E-state index in [4.69, 9.17) is 16.3 Å². The van der Waals surface area contributed by atoms with Crippen molar-refractivity contribution in [1.82, 2.24) is 9.97 Å². The van der Waals surface area contributed by atoms with Crippen LogP contribution in [0.25, 0.3) is 0 Å². The second kappa shape index (κ2) is 5.79. The minimum Gasteiger partial charge on any atom is -0.435 e. The first-order valence-corrected chi connectivity index (χ1v) is 6.02. The summed E-state index contributed by atoms with van der Waals surface area (Å²) < 4.78 is 19.0. The van der Waals surface area contributed by atoms with Gasteiger partial charge in [0.15, 0.2) is 11.6 Å². The number of nitrogens with zero attached hydrogens (tertiary/aromatic N) is 3. The van der Waals surface area contributed by atoms with Crippen LogP contribution in [0.5, 0.6) is 11.6 Å². The van der Waals surface area contributed by atoms with Gasteiger partial charge in [0.05, 0.1) is 16.6 Å². The fourth-order valence-corrected chi connectivity index (χ4v) is 1.81. The maximum Gasteiger partial charge on any atom is 0.272 e. The zero-order valence-electron chi connectivity index (χ0n) is 10.3. The van der Waals surface area contributed by atoms with Crippen molar-refractivity contribution in [2.45, 2.75) is 13.3 Å². The van der Waals surface area contributed by atoms with Gasteiger partial charge in [-0.15, -0.1) is 0 Å². The molecule has 0 aliphatic carbocycles. The molecule has 1 aromatic heterocycles. The van der Waals surface area contributed by atoms with Gasteiger partial charge in [-0.25, -0.2) is 14.4 Å². The lowest BCUT2D eigenvalue weighted by Crippen LogP contribution is -1.98. The van der Waals surface area contributed by atoms with Gasteiger partial charge in [-0.3, -0.25) is 10.1 Å². The Kier molecular flexibility index (Phi) is 4.09. The molecule has 8 heteroatoms. The third-order valence-corrected chi connectivity index (χ3v) is 2.87. The van der Waals surface area contributed by atoms with Gasteiger partial charge in [0.2, 0.25) is 5.88 Å². The van der Waals surface area contributed by atoms with E-state index >= 15 is 0 Å². The topological polar surface area (TPSA) is 78.2 Å². The Labute approximate surface area is 118 Å². The van der Waals surface area contributed by atoms with Crippen molar-refractivity contribution >= 4 is 17.3 Å². The number of ether oxygens (including phenoxy) is 1. The average molecular weight is 298 g/mol. The maximum atomic E-state index is 13.7. The highest BCUT2D eigenvalue weighted by Crippen LogP contribution is 2.30. The Balaban J connectivity index is 2.36. The summed E-state index contributed by atoms with van der Waals surface area (Å²) in [5.74, 6) is -0.892. The normalized spacial score (nSPS) is 10.3. The minimum atomic E-state index is -0.851. The summed E-state index contributed by atoms with van der Waals surface area (Å²) in [6, 6.07) is 3.10. The first-order chi connectivity index (χ1) is 9.52. The lowest BCUT2D eigenvalue weighted by Gasteiger charge is -2.09. The van der Waals surface area contributed by atoms with Gasteiger partial charge in [0.25, 0.3) is 5.69 Å². The molecular formula is C12H9ClFN3O3. The van der Waals surface area contributed by atoms with E-state index in [0.29, 0.717) is 12.0 Å². The van der Waals surface area contributed by atoms with Gasteiger partial charge in [0, 0.05) is 6.07 Å². The van der Waals surface area contributed by atoms with E-state index in [1.165, 1.54) is 12.4 Å². The monoisotopic (exact) mass is 297 g/mol. The summed E-state index contributed by atoms with van der Waals surface area (Å²) in [4.78, 5) is 17.5. The number of aromatic nitrogens is 2. The molecule has 2 rings (SSSR count). The van der Waals surface area contributed by atoms with Crippen molar-refractivity contribution < 1.29 is 14.1 Å². The minimum absolute atomic E-state index is 0.125. The van der Waals surface area contributed by atoms with E-state index in [2.05, 4.69) is 9.97 Å². The number of nitro benzene ring substituents is 1. The summed E-state index contributed by atoms with van der Waals surface area (Å²) in [6.07, 6.45) is 1.70. The number of rotatable bonds is 4. The first-order valence-electron chi connectivity index (χ1n) is 5.64. The van der Waals surface area contributed by atoms with Crippen molar-refractivity contribution in [1.29, 1.82) is 0 Å². The fourth-order valence-electron chi connectivity index (χ4n) is 1.55. The standard InChI is InChI=1S/C12H9ClFN3O3/c1-2-8-11(13)15-6-16-12(8)20-10-4-3-7(17(18)19)5-9(10)14/h3-6H,2H2,1H3. The van der Waals surface area contributed by atoms with E-state index in [-0.39, 0.29) is 22.5 Å². The molecule has 1 heterocycles. The third-order valence-electron chi connectivity index (χ3n) is 2.54. The zero-order chi connectivity index (χ0) is 14.7. The summed E-state index contributed by atoms with van der Waals surface area (Å²) in [6.45, 7) is 1.82. The largest absolute Gasteiger partial charge is 0.435 e. The average Bonchev–Trinajstić information content (AvgIpc) is 2.41. The van der Waals surface area contributed by atoms with Crippen molar-refractivity contribution in [2.24, 2.45) is 0 Å². The van der Waals surface area contributed by atoms with E-state index in [9.17, 15) is 14.5 Å². The second-order valence-electron chi connectivity index (χ2n) is 3.78. The van der Waals surface area contributed by atoms with Crippen LogP contribution in [-0.2, 0) is 6.42 Å². The van der Waals surface area contributed by atoms with E-state index in [0.717, 1.165) is 12.1 Å². The SMILES string of the molecule is CCc1c(Cl)ncnc1Oc1ccc([N+](=O)[O-])cc1F. The Morgan fingerprint density at radius 1 is 1.45 bits per heavy atom. The number of hydrogen-bond donors (Lipinski definition) is 0. The number of non-ortho nitro benzene ring substituents is 1. The molecule has 0 bridgehead atoms. The molecule has 0 saturated carbocycles. The molecule has 0 radical (unpaired) electrons. The molecule has 0 aliphatic heterocycles. The van der Waals surface area contributed by atoms with E-state index in [1.54, 1.807) is 0 Å². The molecule has 0 spiro atoms. The zero-order valence-corrected chi connectivity index (χ0v) is 11.1. The van der Waals surface area contributed by atoms with Gasteiger partial charge in [-0.1, -0.05) is 18.5 Å². The van der Waals surface area contributed by atoms with Crippen LogP contribution in [0.2, 0.25) is 5.15 Å². The third kappa shape index (κ3) is 2.83. The number of benzene rings is 1. The molecule has 0 saturated heterocycles. The summed E-state index contributed by atoms with van der Waals surface area (Å²) in [5, 5.41) is 10.7. The maximum absolute atomic E-state index is 13.7. The highest BCUT2D eigenvalue weighted by atomic mass is 35.5. The van der Waals surface area contributed by atoms with Gasteiger partial charge >= 0.3 is 0 Å². The number of halogens is 2. The van der Waals surface area contributed by atoms with Gasteiger partial charge < -0.3 is 4.74 Å². The molecule has 0 atom stereocenters. The number of hydrogen-bond acceptors (Lipinski definition) is 5. The van der Waals surface area contributed by atoms with Crippen LogP contribution in [-0.4, -0.2) is 14.9 Å². The molecule has 0 fully saturated rings. The van der Waals surface area contributed by atoms with Crippen molar-refractivity contribution in [3.05, 3.63) is 51.2 Å². The van der Waals surface area contributed by atoms with E-state index < -0.39 is 10.7 Å². The van der Waals surface area contributed by atoms with Crippen LogP contribution in [0.3, 0.4) is 0 Å². The molecular weight excluding hydrogens is 289 g/mol. The Morgan fingerprint density at radius 3 is 2.80 bits per heavy atom. The van der Waals surface area contributed by atoms with Gasteiger partial charge in [-0.2, -0.15) is 0 Å². The predicted molar refractivity (Wildman–Crippen MR) is 69.5 cm³/mol. The lowest BCUT2D eigenvalue weighted by molar-refractivity contribution is -0.385. The molecule has 1 aromatic carbocycles. The summed E-state index contributed by atoms with van der Waals surface area (Å²) in [7, 11) is 0. The number of nitro groups is 1. The predicted octanol–water partition coefficient (Wildman–Crippen LogP) is 3.53. The second-order valence-corrected chi connectivity index (χ2v) is 4.13. The molecule has 20 heavy (non-hydrogen) atoms. The van der Waals surface area contributed by atoms with Gasteiger partial charge in [-0.05, 0) is 12.5 Å². The van der Waals surface area contributed by atoms with Crippen LogP contribution in [0.1, 0.15) is 12.5 Å². The van der Waals surface area contributed by atoms with Crippen LogP contribution >= 0.6 is 11.6 Å². The summed E-state index contributed by atoms with van der Waals surface area (Å²) in [5.41, 5.74) is 0.179. The lowest BCUT2D eigenvalue weighted by atomic mass is 10.2. The highest BCUT2D eigenvalue weighted by molar-refractivity contribution is 6.30. The molecule has 2 aromatic rings. The molecule has 0 unspecified atom stereocenters. The van der Waals surface area contributed by atoms with Gasteiger partial charge in [0.1, 0.15) is 11.5 Å². The van der Waals surface area contributed by atoms with Crippen molar-refractivity contribution in [2.75, 3.05) is 0 Å². The van der Waals surface area contributed by atoms with Crippen LogP contribution in [0, 0.1) is 15.9 Å². The summed E-state index contributed by atoms with van der Waals surface area (Å²) >= 11 is 5.89. The molecule has 104 valence electrons. The molecule has 0 amide bonds. The molecule has 0 N–H and O–H groups in total. The smallest absolute Gasteiger partial charge is 0.272 e. The van der Waals surface area contributed by atoms with Crippen LogP contribution in [0.4, 0.5) is 10.1 Å². The Morgan fingerprint density at radius 2 is 2.20 bits per heavy atom. The van der Waals surface area contributed by atoms with Crippen molar-refractivity contribution in [3.63, 3.8) is 0 Å². The van der Waals surface area contributed by atoms with Crippen LogP contribution < -0.4 is 4.74 Å². The van der Waals surface area contributed by atoms with Crippen LogP contribution in [0.15, 0.2) is 24.5 Å².